The number of hydrogen-bond donors (Lipinski definition) is 0. The Balaban J connectivity index is 2.30. The van der Waals surface area contributed by atoms with Gasteiger partial charge in [0, 0.05) is 6.04 Å². The highest BCUT2D eigenvalue weighted by molar-refractivity contribution is 5.80. The zero-order chi connectivity index (χ0) is 12.0. The first-order valence-corrected chi connectivity index (χ1v) is 5.87. The number of ketones is 1. The van der Waals surface area contributed by atoms with E-state index in [9.17, 15) is 9.59 Å². The van der Waals surface area contributed by atoms with Crippen molar-refractivity contribution >= 4 is 16.8 Å². The van der Waals surface area contributed by atoms with E-state index >= 15 is 0 Å². The lowest BCUT2D eigenvalue weighted by molar-refractivity contribution is -0.117. The quantitative estimate of drug-likeness (QED) is 0.806. The van der Waals surface area contributed by atoms with Gasteiger partial charge in [-0.15, -0.1) is 0 Å². The molecule has 1 aliphatic carbocycles. The second kappa shape index (κ2) is 3.58. The molecule has 0 saturated heterocycles. The largest absolute Gasteiger partial charge is 0.329 e. The fourth-order valence-corrected chi connectivity index (χ4v) is 2.29. The summed E-state index contributed by atoms with van der Waals surface area (Å²) in [5.41, 5.74) is 1.75. The van der Waals surface area contributed by atoms with Crippen LogP contribution in [0.1, 0.15) is 25.8 Å². The summed E-state index contributed by atoms with van der Waals surface area (Å²) in [6.45, 7) is 1.68. The number of benzene rings is 1. The van der Waals surface area contributed by atoms with Crippen molar-refractivity contribution in [3.05, 3.63) is 34.7 Å². The molecular weight excluding hydrogens is 216 g/mol. The van der Waals surface area contributed by atoms with Gasteiger partial charge in [-0.25, -0.2) is 4.79 Å². The number of rotatable bonds is 3. The van der Waals surface area contributed by atoms with E-state index in [-0.39, 0.29) is 18.0 Å². The lowest BCUT2D eigenvalue weighted by atomic mass is 10.3. The number of carbonyl (C=O) groups excluding carboxylic acids is 1. The maximum absolute atomic E-state index is 12.3. The van der Waals surface area contributed by atoms with Crippen LogP contribution in [0.5, 0.6) is 0 Å². The standard InChI is InChI=1S/C13H14N2O2/c1-9(16)8-14-11-4-2-3-5-12(11)15(13(14)17)10-6-7-10/h2-5,10H,6-8H2,1H3. The van der Waals surface area contributed by atoms with E-state index in [1.807, 2.05) is 28.8 Å². The van der Waals surface area contributed by atoms with Crippen LogP contribution in [0.15, 0.2) is 29.1 Å². The van der Waals surface area contributed by atoms with Crippen molar-refractivity contribution in [2.75, 3.05) is 0 Å². The van der Waals surface area contributed by atoms with Crippen LogP contribution in [0, 0.1) is 0 Å². The molecule has 1 aromatic heterocycles. The van der Waals surface area contributed by atoms with Crippen LogP contribution in [0.25, 0.3) is 11.0 Å². The van der Waals surface area contributed by atoms with Gasteiger partial charge in [0.15, 0.2) is 0 Å². The Hall–Kier alpha value is -1.84. The molecule has 0 bridgehead atoms. The first-order chi connectivity index (χ1) is 8.18. The first-order valence-electron chi connectivity index (χ1n) is 5.87. The van der Waals surface area contributed by atoms with Crippen LogP contribution in [0.2, 0.25) is 0 Å². The summed E-state index contributed by atoms with van der Waals surface area (Å²) < 4.78 is 3.41. The number of imidazole rings is 1. The second-order valence-electron chi connectivity index (χ2n) is 4.66. The van der Waals surface area contributed by atoms with Gasteiger partial charge in [-0.05, 0) is 31.9 Å². The number of Topliss-reactive ketones (excluding diaryl/α,β-unsaturated/α-hetero) is 1. The van der Waals surface area contributed by atoms with Crippen LogP contribution in [-0.2, 0) is 11.3 Å². The van der Waals surface area contributed by atoms with Crippen molar-refractivity contribution in [3.63, 3.8) is 0 Å². The van der Waals surface area contributed by atoms with Crippen molar-refractivity contribution in [2.24, 2.45) is 0 Å². The molecule has 4 heteroatoms. The molecule has 0 aliphatic heterocycles. The van der Waals surface area contributed by atoms with Crippen molar-refractivity contribution in [3.8, 4) is 0 Å². The maximum Gasteiger partial charge on any atom is 0.329 e. The van der Waals surface area contributed by atoms with Crippen LogP contribution >= 0.6 is 0 Å². The second-order valence-corrected chi connectivity index (χ2v) is 4.66. The minimum absolute atomic E-state index is 0.00537. The fraction of sp³-hybridized carbons (Fsp3) is 0.385. The van der Waals surface area contributed by atoms with E-state index in [0.29, 0.717) is 6.04 Å². The number of para-hydroxylation sites is 2. The molecule has 88 valence electrons. The van der Waals surface area contributed by atoms with Crippen molar-refractivity contribution in [2.45, 2.75) is 32.4 Å². The van der Waals surface area contributed by atoms with Crippen molar-refractivity contribution in [1.29, 1.82) is 0 Å². The smallest absolute Gasteiger partial charge is 0.298 e. The number of hydrogen-bond acceptors (Lipinski definition) is 2. The summed E-state index contributed by atoms with van der Waals surface area (Å²) in [4.78, 5) is 23.5. The van der Waals surface area contributed by atoms with Crippen molar-refractivity contribution < 1.29 is 4.79 Å². The predicted molar refractivity (Wildman–Crippen MR) is 65.2 cm³/mol. The summed E-state index contributed by atoms with van der Waals surface area (Å²) >= 11 is 0. The Morgan fingerprint density at radius 3 is 2.53 bits per heavy atom. The van der Waals surface area contributed by atoms with E-state index in [1.165, 1.54) is 6.92 Å². The van der Waals surface area contributed by atoms with E-state index in [4.69, 9.17) is 0 Å². The fourth-order valence-electron chi connectivity index (χ4n) is 2.29. The number of fused-ring (bicyclic) bond motifs is 1. The summed E-state index contributed by atoms with van der Waals surface area (Å²) in [7, 11) is 0. The molecule has 0 amide bonds. The van der Waals surface area contributed by atoms with Crippen molar-refractivity contribution in [1.82, 2.24) is 9.13 Å². The third-order valence-electron chi connectivity index (χ3n) is 3.16. The van der Waals surface area contributed by atoms with Gasteiger partial charge in [-0.2, -0.15) is 0 Å². The van der Waals surface area contributed by atoms with E-state index in [1.54, 1.807) is 4.57 Å². The third-order valence-corrected chi connectivity index (χ3v) is 3.16. The lowest BCUT2D eigenvalue weighted by Gasteiger charge is -1.98. The molecule has 0 unspecified atom stereocenters. The minimum atomic E-state index is -0.0519. The van der Waals surface area contributed by atoms with Gasteiger partial charge < -0.3 is 0 Å². The summed E-state index contributed by atoms with van der Waals surface area (Å²) in [5.74, 6) is 0.00537. The Morgan fingerprint density at radius 1 is 1.29 bits per heavy atom. The van der Waals surface area contributed by atoms with E-state index in [2.05, 4.69) is 0 Å². The van der Waals surface area contributed by atoms with Crippen LogP contribution in [0.4, 0.5) is 0 Å². The minimum Gasteiger partial charge on any atom is -0.298 e. The number of aromatic nitrogens is 2. The van der Waals surface area contributed by atoms with Gasteiger partial charge in [0.05, 0.1) is 17.6 Å². The van der Waals surface area contributed by atoms with E-state index < -0.39 is 0 Å². The number of nitrogens with zero attached hydrogens (tertiary/aromatic N) is 2. The molecule has 0 atom stereocenters. The Bertz CT molecular complexity index is 647. The summed E-state index contributed by atoms with van der Waals surface area (Å²) in [6, 6.07) is 8.01. The average molecular weight is 230 g/mol. The average Bonchev–Trinajstić information content (AvgIpc) is 3.08. The van der Waals surface area contributed by atoms with Crippen LogP contribution in [0.3, 0.4) is 0 Å². The van der Waals surface area contributed by atoms with Gasteiger partial charge >= 0.3 is 5.69 Å². The molecule has 3 rings (SSSR count). The molecule has 4 nitrogen and oxygen atoms in total. The summed E-state index contributed by atoms with van der Waals surface area (Å²) in [5, 5.41) is 0. The highest BCUT2D eigenvalue weighted by Crippen LogP contribution is 2.36. The van der Waals surface area contributed by atoms with Crippen LogP contribution < -0.4 is 5.69 Å². The SMILES string of the molecule is CC(=O)Cn1c(=O)n(C2CC2)c2ccccc21. The van der Waals surface area contributed by atoms with Crippen LogP contribution in [-0.4, -0.2) is 14.9 Å². The third kappa shape index (κ3) is 1.60. The predicted octanol–water partition coefficient (Wildman–Crippen LogP) is 1.73. The molecule has 0 radical (unpaired) electrons. The number of carbonyl (C=O) groups is 1. The Morgan fingerprint density at radius 2 is 1.94 bits per heavy atom. The van der Waals surface area contributed by atoms with E-state index in [0.717, 1.165) is 23.9 Å². The molecule has 0 N–H and O–H groups in total. The molecule has 1 aliphatic rings. The molecule has 1 aromatic carbocycles. The Labute approximate surface area is 98.5 Å². The zero-order valence-electron chi connectivity index (χ0n) is 9.72. The normalized spacial score (nSPS) is 15.4. The highest BCUT2D eigenvalue weighted by atomic mass is 16.2. The zero-order valence-corrected chi connectivity index (χ0v) is 9.72. The maximum atomic E-state index is 12.3. The summed E-state index contributed by atoms with van der Waals surface area (Å²) in [6.07, 6.45) is 2.13. The molecule has 1 fully saturated rings. The highest BCUT2D eigenvalue weighted by Gasteiger charge is 2.28. The van der Waals surface area contributed by atoms with Gasteiger partial charge in [0.1, 0.15) is 5.78 Å². The topological polar surface area (TPSA) is 44.0 Å². The lowest BCUT2D eigenvalue weighted by Crippen LogP contribution is -2.25. The van der Waals surface area contributed by atoms with Gasteiger partial charge in [0.25, 0.3) is 0 Å². The molecule has 1 saturated carbocycles. The molecule has 0 spiro atoms. The molecular formula is C13H14N2O2. The van der Waals surface area contributed by atoms with Gasteiger partial charge in [0.2, 0.25) is 0 Å². The molecule has 2 aromatic rings. The Kier molecular flexibility index (Phi) is 2.18. The van der Waals surface area contributed by atoms with Gasteiger partial charge in [-0.1, -0.05) is 12.1 Å². The van der Waals surface area contributed by atoms with Gasteiger partial charge in [-0.3, -0.25) is 13.9 Å². The molecule has 1 heterocycles. The monoisotopic (exact) mass is 230 g/mol. The first kappa shape index (κ1) is 10.3. The molecule has 17 heavy (non-hydrogen) atoms.